The number of carbonyl (C=O) groups is 2. The van der Waals surface area contributed by atoms with Crippen molar-refractivity contribution in [2.45, 2.75) is 44.2 Å². The maximum Gasteiger partial charge on any atom is 0.330 e. The average molecular weight is 293 g/mol. The van der Waals surface area contributed by atoms with E-state index in [1.165, 1.54) is 0 Å². The van der Waals surface area contributed by atoms with Crippen LogP contribution < -0.4 is 0 Å². The van der Waals surface area contributed by atoms with Crippen molar-refractivity contribution < 1.29 is 19.1 Å². The van der Waals surface area contributed by atoms with Crippen LogP contribution in [0.15, 0.2) is 12.7 Å². The molecule has 0 aliphatic carbocycles. The van der Waals surface area contributed by atoms with E-state index in [1.807, 2.05) is 0 Å². The summed E-state index contributed by atoms with van der Waals surface area (Å²) in [6.45, 7) is 8.48. The minimum atomic E-state index is -0.472. The Morgan fingerprint density at radius 1 is 1.25 bits per heavy atom. The zero-order valence-corrected chi connectivity index (χ0v) is 11.3. The molecule has 0 aromatic heterocycles. The van der Waals surface area contributed by atoms with Gasteiger partial charge in [-0.15, -0.1) is 0 Å². The summed E-state index contributed by atoms with van der Waals surface area (Å²) in [5, 5.41) is 0. The van der Waals surface area contributed by atoms with Crippen LogP contribution in [0, 0.1) is 0 Å². The molecule has 92 valence electrons. The number of ether oxygens (including phenoxy) is 2. The van der Waals surface area contributed by atoms with E-state index in [2.05, 4.69) is 22.5 Å². The quantitative estimate of drug-likeness (QED) is 0.428. The Kier molecular flexibility index (Phi) is 7.05. The summed E-state index contributed by atoms with van der Waals surface area (Å²) >= 11 is 3.11. The molecule has 0 aliphatic heterocycles. The van der Waals surface area contributed by atoms with Crippen LogP contribution in [0.25, 0.3) is 0 Å². The van der Waals surface area contributed by atoms with Crippen molar-refractivity contribution in [3.05, 3.63) is 12.7 Å². The first kappa shape index (κ1) is 15.2. The Morgan fingerprint density at radius 2 is 1.75 bits per heavy atom. The van der Waals surface area contributed by atoms with E-state index in [0.29, 0.717) is 6.42 Å². The van der Waals surface area contributed by atoms with Crippen molar-refractivity contribution in [3.8, 4) is 0 Å². The van der Waals surface area contributed by atoms with Gasteiger partial charge in [-0.05, 0) is 20.8 Å². The zero-order valence-electron chi connectivity index (χ0n) is 9.73. The lowest BCUT2D eigenvalue weighted by molar-refractivity contribution is -0.150. The highest BCUT2D eigenvalue weighted by atomic mass is 79.9. The SMILES string of the molecule is C=CC(=O)O[C@H](C)C[C@@H](C)OC(=O)C(C)Br. The smallest absolute Gasteiger partial charge is 0.330 e. The van der Waals surface area contributed by atoms with Gasteiger partial charge in [0.05, 0.1) is 0 Å². The molecule has 0 spiro atoms. The summed E-state index contributed by atoms with van der Waals surface area (Å²) < 4.78 is 10.0. The standard InChI is InChI=1S/C11H17BrO4/c1-5-10(13)15-7(2)6-8(3)16-11(14)9(4)12/h5,7-9H,1,6H2,2-4H3/t7-,8-,9?/m1/s1. The normalized spacial score (nSPS) is 15.8. The lowest BCUT2D eigenvalue weighted by Crippen LogP contribution is -2.25. The second-order valence-corrected chi connectivity index (χ2v) is 4.92. The van der Waals surface area contributed by atoms with Gasteiger partial charge in [-0.1, -0.05) is 22.5 Å². The van der Waals surface area contributed by atoms with E-state index >= 15 is 0 Å². The highest BCUT2D eigenvalue weighted by Crippen LogP contribution is 2.09. The van der Waals surface area contributed by atoms with E-state index in [1.54, 1.807) is 20.8 Å². The molecule has 0 heterocycles. The summed E-state index contributed by atoms with van der Waals surface area (Å²) in [5.41, 5.74) is 0. The molecule has 1 unspecified atom stereocenters. The molecule has 0 saturated heterocycles. The number of alkyl halides is 1. The Bertz CT molecular complexity index is 263. The lowest BCUT2D eigenvalue weighted by Gasteiger charge is -2.18. The Labute approximate surface area is 104 Å². The van der Waals surface area contributed by atoms with E-state index in [0.717, 1.165) is 6.08 Å². The molecule has 0 aromatic carbocycles. The number of hydrogen-bond donors (Lipinski definition) is 0. The molecular formula is C11H17BrO4. The van der Waals surface area contributed by atoms with Crippen molar-refractivity contribution in [1.29, 1.82) is 0 Å². The van der Waals surface area contributed by atoms with Gasteiger partial charge in [0.2, 0.25) is 0 Å². The fourth-order valence-electron chi connectivity index (χ4n) is 1.10. The predicted molar refractivity (Wildman–Crippen MR) is 64.3 cm³/mol. The van der Waals surface area contributed by atoms with Gasteiger partial charge in [0.25, 0.3) is 0 Å². The van der Waals surface area contributed by atoms with E-state index in [4.69, 9.17) is 9.47 Å². The molecular weight excluding hydrogens is 276 g/mol. The summed E-state index contributed by atoms with van der Waals surface area (Å²) in [6.07, 6.45) is 0.970. The topological polar surface area (TPSA) is 52.6 Å². The molecule has 4 nitrogen and oxygen atoms in total. The van der Waals surface area contributed by atoms with Crippen LogP contribution in [0.1, 0.15) is 27.2 Å². The average Bonchev–Trinajstić information content (AvgIpc) is 2.16. The van der Waals surface area contributed by atoms with Gasteiger partial charge in [-0.2, -0.15) is 0 Å². The van der Waals surface area contributed by atoms with Crippen molar-refractivity contribution in [2.24, 2.45) is 0 Å². The minimum Gasteiger partial charge on any atom is -0.462 e. The van der Waals surface area contributed by atoms with Crippen LogP contribution in [0.2, 0.25) is 0 Å². The first-order valence-corrected chi connectivity index (χ1v) is 5.96. The summed E-state index contributed by atoms with van der Waals surface area (Å²) in [7, 11) is 0. The van der Waals surface area contributed by atoms with E-state index in [-0.39, 0.29) is 23.0 Å². The molecule has 0 bridgehead atoms. The number of carbonyl (C=O) groups excluding carboxylic acids is 2. The van der Waals surface area contributed by atoms with Crippen molar-refractivity contribution >= 4 is 27.9 Å². The molecule has 0 aliphatic rings. The maximum absolute atomic E-state index is 11.2. The van der Waals surface area contributed by atoms with E-state index in [9.17, 15) is 9.59 Å². The molecule has 0 saturated carbocycles. The van der Waals surface area contributed by atoms with Crippen molar-refractivity contribution in [1.82, 2.24) is 0 Å². The van der Waals surface area contributed by atoms with E-state index < -0.39 is 5.97 Å². The van der Waals surface area contributed by atoms with Crippen LogP contribution >= 0.6 is 15.9 Å². The number of esters is 2. The second kappa shape index (κ2) is 7.44. The molecule has 5 heteroatoms. The minimum absolute atomic E-state index is 0.292. The third kappa shape index (κ3) is 6.61. The van der Waals surface area contributed by atoms with Crippen LogP contribution in [-0.2, 0) is 19.1 Å². The summed E-state index contributed by atoms with van der Waals surface area (Å²) in [5.74, 6) is -0.797. The van der Waals surface area contributed by atoms with Crippen LogP contribution in [0.5, 0.6) is 0 Å². The largest absolute Gasteiger partial charge is 0.462 e. The zero-order chi connectivity index (χ0) is 12.7. The monoisotopic (exact) mass is 292 g/mol. The summed E-state index contributed by atoms with van der Waals surface area (Å²) in [6, 6.07) is 0. The Hall–Kier alpha value is -0.840. The fraction of sp³-hybridized carbons (Fsp3) is 0.636. The van der Waals surface area contributed by atoms with Gasteiger partial charge in [0.15, 0.2) is 0 Å². The van der Waals surface area contributed by atoms with Gasteiger partial charge >= 0.3 is 11.9 Å². The van der Waals surface area contributed by atoms with Crippen molar-refractivity contribution in [3.63, 3.8) is 0 Å². The second-order valence-electron chi connectivity index (χ2n) is 3.55. The summed E-state index contributed by atoms with van der Waals surface area (Å²) in [4.78, 5) is 21.8. The molecule has 3 atom stereocenters. The van der Waals surface area contributed by atoms with Gasteiger partial charge in [0.1, 0.15) is 17.0 Å². The van der Waals surface area contributed by atoms with Crippen LogP contribution in [0.3, 0.4) is 0 Å². The van der Waals surface area contributed by atoms with Crippen LogP contribution in [0.4, 0.5) is 0 Å². The Morgan fingerprint density at radius 3 is 2.19 bits per heavy atom. The van der Waals surface area contributed by atoms with Gasteiger partial charge in [-0.3, -0.25) is 4.79 Å². The van der Waals surface area contributed by atoms with Gasteiger partial charge in [0, 0.05) is 12.5 Å². The number of rotatable bonds is 6. The Balaban J connectivity index is 3.95. The highest BCUT2D eigenvalue weighted by molar-refractivity contribution is 9.10. The molecule has 0 radical (unpaired) electrons. The first-order valence-electron chi connectivity index (χ1n) is 5.04. The molecule has 0 rings (SSSR count). The highest BCUT2D eigenvalue weighted by Gasteiger charge is 2.17. The third-order valence-electron chi connectivity index (χ3n) is 1.79. The molecule has 0 aromatic rings. The number of hydrogen-bond acceptors (Lipinski definition) is 4. The van der Waals surface area contributed by atoms with Gasteiger partial charge in [-0.25, -0.2) is 4.79 Å². The predicted octanol–water partition coefficient (Wildman–Crippen LogP) is 2.21. The molecule has 0 fully saturated rings. The maximum atomic E-state index is 11.2. The molecule has 0 amide bonds. The molecule has 16 heavy (non-hydrogen) atoms. The lowest BCUT2D eigenvalue weighted by atomic mass is 10.2. The first-order chi connectivity index (χ1) is 7.36. The third-order valence-corrected chi connectivity index (χ3v) is 2.16. The van der Waals surface area contributed by atoms with Crippen molar-refractivity contribution in [2.75, 3.05) is 0 Å². The molecule has 0 N–H and O–H groups in total. The van der Waals surface area contributed by atoms with Gasteiger partial charge < -0.3 is 9.47 Å². The fourth-order valence-corrected chi connectivity index (χ4v) is 1.21. The van der Waals surface area contributed by atoms with Crippen LogP contribution in [-0.4, -0.2) is 29.0 Å². The number of halogens is 1.